The zero-order valence-electron chi connectivity index (χ0n) is 14.6. The van der Waals surface area contributed by atoms with Crippen LogP contribution in [0.15, 0.2) is 53.4 Å². The Labute approximate surface area is 160 Å². The van der Waals surface area contributed by atoms with Crippen molar-refractivity contribution in [1.29, 1.82) is 0 Å². The van der Waals surface area contributed by atoms with E-state index in [1.165, 1.54) is 12.1 Å². The van der Waals surface area contributed by atoms with Crippen molar-refractivity contribution < 1.29 is 31.5 Å². The molecular weight excluding hydrogens is 394 g/mol. The van der Waals surface area contributed by atoms with Crippen LogP contribution in [0.5, 0.6) is 5.75 Å². The molecule has 2 aromatic rings. The Morgan fingerprint density at radius 2 is 1.93 bits per heavy atom. The van der Waals surface area contributed by atoms with E-state index in [1.54, 1.807) is 24.3 Å². The Hall–Kier alpha value is -2.72. The van der Waals surface area contributed by atoms with Gasteiger partial charge in [-0.1, -0.05) is 18.2 Å². The lowest BCUT2D eigenvalue weighted by molar-refractivity contribution is 0.142. The van der Waals surface area contributed by atoms with E-state index in [0.29, 0.717) is 24.7 Å². The highest BCUT2D eigenvalue weighted by atomic mass is 32.2. The molecule has 1 aliphatic heterocycles. The molecule has 1 saturated heterocycles. The number of sulfone groups is 1. The maximum Gasteiger partial charge on any atom is 0.341 e. The Kier molecular flexibility index (Phi) is 6.10. The smallest absolute Gasteiger partial charge is 0.341 e. The van der Waals surface area contributed by atoms with Crippen LogP contribution in [-0.4, -0.2) is 39.5 Å². The van der Waals surface area contributed by atoms with Gasteiger partial charge in [-0.05, 0) is 30.3 Å². The number of urea groups is 1. The summed E-state index contributed by atoms with van der Waals surface area (Å²) in [4.78, 5) is 11.7. The summed E-state index contributed by atoms with van der Waals surface area (Å²) in [5.41, 5.74) is 0.463. The van der Waals surface area contributed by atoms with E-state index in [9.17, 15) is 22.0 Å². The lowest BCUT2D eigenvalue weighted by atomic mass is 10.2. The van der Waals surface area contributed by atoms with Gasteiger partial charge in [-0.15, -0.1) is 0 Å². The van der Waals surface area contributed by atoms with E-state index in [-0.39, 0.29) is 11.8 Å². The summed E-state index contributed by atoms with van der Waals surface area (Å²) >= 11 is 0. The minimum Gasteiger partial charge on any atom is -0.486 e. The van der Waals surface area contributed by atoms with Crippen molar-refractivity contribution in [3.05, 3.63) is 48.5 Å². The molecular formula is C18H18F2N2O5S. The van der Waals surface area contributed by atoms with Gasteiger partial charge in [0.15, 0.2) is 0 Å². The van der Waals surface area contributed by atoms with Gasteiger partial charge in [-0.2, -0.15) is 8.78 Å². The van der Waals surface area contributed by atoms with Crippen molar-refractivity contribution in [1.82, 2.24) is 0 Å². The third-order valence-electron chi connectivity index (χ3n) is 3.97. The van der Waals surface area contributed by atoms with Crippen molar-refractivity contribution in [2.24, 2.45) is 0 Å². The zero-order chi connectivity index (χ0) is 20.1. The van der Waals surface area contributed by atoms with Gasteiger partial charge in [0.25, 0.3) is 0 Å². The molecule has 1 atom stereocenters. The minimum atomic E-state index is -4.75. The maximum absolute atomic E-state index is 12.7. The van der Waals surface area contributed by atoms with Crippen molar-refractivity contribution in [2.45, 2.75) is 23.2 Å². The maximum atomic E-state index is 12.7. The number of anilines is 2. The summed E-state index contributed by atoms with van der Waals surface area (Å²) in [5, 5.41) is 5.02. The first-order valence-corrected chi connectivity index (χ1v) is 9.94. The van der Waals surface area contributed by atoms with E-state index in [0.717, 1.165) is 18.6 Å². The molecule has 3 rings (SSSR count). The number of hydrogen-bond donors (Lipinski definition) is 2. The fourth-order valence-electron chi connectivity index (χ4n) is 2.60. The molecule has 7 nitrogen and oxygen atoms in total. The van der Waals surface area contributed by atoms with Gasteiger partial charge in [-0.25, -0.2) is 13.2 Å². The van der Waals surface area contributed by atoms with Crippen LogP contribution in [0.3, 0.4) is 0 Å². The molecule has 150 valence electrons. The molecule has 2 N–H and O–H groups in total. The monoisotopic (exact) mass is 412 g/mol. The van der Waals surface area contributed by atoms with Crippen molar-refractivity contribution in [3.63, 3.8) is 0 Å². The molecule has 0 saturated carbocycles. The molecule has 2 aromatic carbocycles. The third kappa shape index (κ3) is 4.76. The SMILES string of the molecule is O=C(Nc1cccc(S(=O)(=O)C(F)F)c1)Nc1ccccc1O[C@@H]1CCOC1. The summed E-state index contributed by atoms with van der Waals surface area (Å²) in [6, 6.07) is 10.8. The summed E-state index contributed by atoms with van der Waals surface area (Å²) in [5.74, 6) is -3.08. The average Bonchev–Trinajstić information content (AvgIpc) is 3.16. The number of carbonyl (C=O) groups is 1. The molecule has 1 fully saturated rings. The van der Waals surface area contributed by atoms with E-state index in [1.807, 2.05) is 0 Å². The molecule has 0 bridgehead atoms. The Balaban J connectivity index is 1.70. The molecule has 0 aliphatic carbocycles. The van der Waals surface area contributed by atoms with Crippen molar-refractivity contribution >= 4 is 27.2 Å². The standard InChI is InChI=1S/C18H18F2N2O5S/c19-17(20)28(24,25)14-5-3-4-12(10-14)21-18(23)22-15-6-1-2-7-16(15)27-13-8-9-26-11-13/h1-7,10,13,17H,8-9,11H2,(H2,21,22,23)/t13-/m1/s1. The normalized spacial score (nSPS) is 16.8. The minimum absolute atomic E-state index is 0.0572. The lowest BCUT2D eigenvalue weighted by Gasteiger charge is -2.16. The van der Waals surface area contributed by atoms with Gasteiger partial charge in [0, 0.05) is 12.1 Å². The summed E-state index contributed by atoms with van der Waals surface area (Å²) in [7, 11) is -4.75. The van der Waals surface area contributed by atoms with Gasteiger partial charge >= 0.3 is 11.8 Å². The van der Waals surface area contributed by atoms with Gasteiger partial charge in [-0.3, -0.25) is 0 Å². The van der Waals surface area contributed by atoms with Crippen LogP contribution in [0, 0.1) is 0 Å². The van der Waals surface area contributed by atoms with Crippen LogP contribution in [0.1, 0.15) is 6.42 Å². The third-order valence-corrected chi connectivity index (χ3v) is 5.35. The number of halogens is 2. The topological polar surface area (TPSA) is 93.7 Å². The van der Waals surface area contributed by atoms with Gasteiger partial charge in [0.05, 0.1) is 23.8 Å². The molecule has 2 amide bonds. The summed E-state index contributed by atoms with van der Waals surface area (Å²) in [6.45, 7) is 1.07. The van der Waals surface area contributed by atoms with E-state index in [4.69, 9.17) is 9.47 Å². The highest BCUT2D eigenvalue weighted by Crippen LogP contribution is 2.27. The van der Waals surface area contributed by atoms with Gasteiger partial charge < -0.3 is 20.1 Å². The average molecular weight is 412 g/mol. The van der Waals surface area contributed by atoms with Crippen LogP contribution in [-0.2, 0) is 14.6 Å². The second kappa shape index (κ2) is 8.53. The largest absolute Gasteiger partial charge is 0.486 e. The number of carbonyl (C=O) groups excluding carboxylic acids is 1. The van der Waals surface area contributed by atoms with Crippen LogP contribution in [0.25, 0.3) is 0 Å². The number of benzene rings is 2. The summed E-state index contributed by atoms with van der Waals surface area (Å²) in [6.07, 6.45) is 0.633. The van der Waals surface area contributed by atoms with Crippen LogP contribution in [0.4, 0.5) is 25.0 Å². The molecule has 10 heteroatoms. The molecule has 1 aliphatic rings. The van der Waals surface area contributed by atoms with Gasteiger partial charge in [0.1, 0.15) is 11.9 Å². The quantitative estimate of drug-likeness (QED) is 0.758. The van der Waals surface area contributed by atoms with Crippen LogP contribution >= 0.6 is 0 Å². The highest BCUT2D eigenvalue weighted by Gasteiger charge is 2.26. The lowest BCUT2D eigenvalue weighted by Crippen LogP contribution is -2.22. The number of ether oxygens (including phenoxy) is 2. The first-order chi connectivity index (χ1) is 13.4. The Morgan fingerprint density at radius 3 is 2.64 bits per heavy atom. The van der Waals surface area contributed by atoms with Crippen LogP contribution in [0.2, 0.25) is 0 Å². The molecule has 0 aromatic heterocycles. The Bertz CT molecular complexity index is 946. The highest BCUT2D eigenvalue weighted by molar-refractivity contribution is 7.91. The first-order valence-electron chi connectivity index (χ1n) is 8.40. The van der Waals surface area contributed by atoms with Crippen molar-refractivity contribution in [3.8, 4) is 5.75 Å². The molecule has 0 unspecified atom stereocenters. The predicted octanol–water partition coefficient (Wildman–Crippen LogP) is 3.49. The second-order valence-corrected chi connectivity index (χ2v) is 7.93. The Morgan fingerprint density at radius 1 is 1.14 bits per heavy atom. The van der Waals surface area contributed by atoms with E-state index < -0.39 is 26.5 Å². The number of nitrogens with one attached hydrogen (secondary N) is 2. The first kappa shape index (κ1) is 20.0. The fraction of sp³-hybridized carbons (Fsp3) is 0.278. The van der Waals surface area contributed by atoms with Gasteiger partial charge in [0.2, 0.25) is 9.84 Å². The number of alkyl halides is 2. The molecule has 0 spiro atoms. The van der Waals surface area contributed by atoms with Crippen LogP contribution < -0.4 is 15.4 Å². The van der Waals surface area contributed by atoms with E-state index >= 15 is 0 Å². The summed E-state index contributed by atoms with van der Waals surface area (Å²) < 4.78 is 59.6. The van der Waals surface area contributed by atoms with E-state index in [2.05, 4.69) is 10.6 Å². The number of para-hydroxylation sites is 2. The predicted molar refractivity (Wildman–Crippen MR) is 98.6 cm³/mol. The molecule has 0 radical (unpaired) electrons. The number of rotatable bonds is 6. The zero-order valence-corrected chi connectivity index (χ0v) is 15.4. The molecule has 1 heterocycles. The number of hydrogen-bond acceptors (Lipinski definition) is 5. The molecule has 28 heavy (non-hydrogen) atoms. The second-order valence-electron chi connectivity index (χ2n) is 6.01. The van der Waals surface area contributed by atoms with Crippen molar-refractivity contribution in [2.75, 3.05) is 23.8 Å². The number of amides is 2. The fourth-order valence-corrected chi connectivity index (χ4v) is 3.36.